The molecule has 0 saturated carbocycles. The Balaban J connectivity index is 1.56. The van der Waals surface area contributed by atoms with Crippen LogP contribution in [-0.4, -0.2) is 43.9 Å². The number of sulfonamides is 1. The molecule has 1 heterocycles. The monoisotopic (exact) mass is 494 g/mol. The quantitative estimate of drug-likeness (QED) is 0.447. The Morgan fingerprint density at radius 3 is 2.44 bits per heavy atom. The van der Waals surface area contributed by atoms with Crippen molar-refractivity contribution >= 4 is 49.7 Å². The molecule has 0 aliphatic carbocycles. The molecule has 170 valence electrons. The molecule has 32 heavy (non-hydrogen) atoms. The highest BCUT2D eigenvalue weighted by Gasteiger charge is 2.18. The largest absolute Gasteiger partial charge is 0.494 e. The molecular weight excluding hydrogens is 472 g/mol. The summed E-state index contributed by atoms with van der Waals surface area (Å²) in [6.45, 7) is 2.58. The molecule has 3 rings (SSSR count). The molecule has 8 nitrogen and oxygen atoms in total. The maximum Gasteiger partial charge on any atom is 0.232 e. The van der Waals surface area contributed by atoms with E-state index in [1.165, 1.54) is 15.6 Å². The number of halogens is 1. The summed E-state index contributed by atoms with van der Waals surface area (Å²) >= 11 is 7.15. The van der Waals surface area contributed by atoms with E-state index >= 15 is 0 Å². The third kappa shape index (κ3) is 6.65. The average Bonchev–Trinajstić information content (AvgIpc) is 3.20. The first-order valence-corrected chi connectivity index (χ1v) is 12.9. The van der Waals surface area contributed by atoms with Gasteiger partial charge in [0.15, 0.2) is 0 Å². The average molecular weight is 495 g/mol. The molecule has 0 bridgehead atoms. The van der Waals surface area contributed by atoms with Crippen LogP contribution in [0.15, 0.2) is 48.5 Å². The van der Waals surface area contributed by atoms with Crippen molar-refractivity contribution in [2.24, 2.45) is 0 Å². The van der Waals surface area contributed by atoms with Crippen molar-refractivity contribution in [3.05, 3.63) is 53.6 Å². The third-order valence-electron chi connectivity index (χ3n) is 4.36. The van der Waals surface area contributed by atoms with Crippen LogP contribution < -0.4 is 14.4 Å². The third-order valence-corrected chi connectivity index (χ3v) is 6.70. The summed E-state index contributed by atoms with van der Waals surface area (Å²) < 4.78 is 31.1. The minimum atomic E-state index is -3.50. The summed E-state index contributed by atoms with van der Waals surface area (Å²) in [4.78, 5) is 12.3. The van der Waals surface area contributed by atoms with Crippen molar-refractivity contribution in [3.8, 4) is 16.3 Å². The Morgan fingerprint density at radius 2 is 1.81 bits per heavy atom. The van der Waals surface area contributed by atoms with Gasteiger partial charge in [0.2, 0.25) is 21.1 Å². The van der Waals surface area contributed by atoms with Crippen LogP contribution in [0.5, 0.6) is 5.75 Å². The van der Waals surface area contributed by atoms with Crippen molar-refractivity contribution in [2.45, 2.75) is 19.8 Å². The second-order valence-electron chi connectivity index (χ2n) is 6.83. The molecule has 0 aliphatic rings. The molecule has 0 unspecified atom stereocenters. The smallest absolute Gasteiger partial charge is 0.232 e. The number of rotatable bonds is 10. The van der Waals surface area contributed by atoms with Crippen LogP contribution in [0.25, 0.3) is 10.6 Å². The first kappa shape index (κ1) is 24.0. The van der Waals surface area contributed by atoms with Gasteiger partial charge in [0.05, 0.1) is 18.6 Å². The van der Waals surface area contributed by atoms with Gasteiger partial charge in [-0.3, -0.25) is 9.10 Å². The van der Waals surface area contributed by atoms with E-state index in [0.717, 1.165) is 11.8 Å². The standard InChI is InChI=1S/C21H23ClN4O4S2/c1-3-30-18-12-10-17(11-13-18)26(32(2,28)29)14-4-5-19(27)23-21-25-24-20(31-21)15-6-8-16(22)9-7-15/h6-13H,3-5,14H2,1-2H3,(H,23,25,27). The second-order valence-corrected chi connectivity index (χ2v) is 10.2. The SMILES string of the molecule is CCOc1ccc(N(CCCC(=O)Nc2nnc(-c3ccc(Cl)cc3)s2)S(C)(=O)=O)cc1. The van der Waals surface area contributed by atoms with Gasteiger partial charge in [0.25, 0.3) is 0 Å². The van der Waals surface area contributed by atoms with E-state index in [-0.39, 0.29) is 18.9 Å². The number of benzene rings is 2. The fraction of sp³-hybridized carbons (Fsp3) is 0.286. The molecule has 11 heteroatoms. The maximum absolute atomic E-state index is 12.3. The van der Waals surface area contributed by atoms with E-state index in [1.54, 1.807) is 36.4 Å². The predicted molar refractivity (Wildman–Crippen MR) is 128 cm³/mol. The lowest BCUT2D eigenvalue weighted by atomic mass is 10.2. The minimum Gasteiger partial charge on any atom is -0.494 e. The minimum absolute atomic E-state index is 0.138. The van der Waals surface area contributed by atoms with Gasteiger partial charge in [-0.1, -0.05) is 35.1 Å². The van der Waals surface area contributed by atoms with Crippen LogP contribution in [0.4, 0.5) is 10.8 Å². The summed E-state index contributed by atoms with van der Waals surface area (Å²) in [5, 5.41) is 12.5. The Kier molecular flexibility index (Phi) is 8.05. The number of carbonyl (C=O) groups is 1. The van der Waals surface area contributed by atoms with Gasteiger partial charge in [-0.05, 0) is 49.7 Å². The van der Waals surface area contributed by atoms with Gasteiger partial charge in [-0.2, -0.15) is 0 Å². The predicted octanol–water partition coefficient (Wildman–Crippen LogP) is 4.44. The highest BCUT2D eigenvalue weighted by Crippen LogP contribution is 2.27. The normalized spacial score (nSPS) is 11.2. The Labute approximate surface area is 196 Å². The molecule has 0 saturated heterocycles. The fourth-order valence-corrected chi connectivity index (χ4v) is 4.77. The lowest BCUT2D eigenvalue weighted by Gasteiger charge is -2.22. The van der Waals surface area contributed by atoms with Gasteiger partial charge in [0, 0.05) is 23.6 Å². The van der Waals surface area contributed by atoms with Gasteiger partial charge in [0.1, 0.15) is 10.8 Å². The van der Waals surface area contributed by atoms with Gasteiger partial charge in [-0.15, -0.1) is 10.2 Å². The van der Waals surface area contributed by atoms with Gasteiger partial charge < -0.3 is 10.1 Å². The first-order chi connectivity index (χ1) is 15.3. The van der Waals surface area contributed by atoms with Crippen LogP contribution >= 0.6 is 22.9 Å². The zero-order valence-electron chi connectivity index (χ0n) is 17.6. The molecule has 0 atom stereocenters. The van der Waals surface area contributed by atoms with Crippen molar-refractivity contribution in [1.82, 2.24) is 10.2 Å². The number of hydrogen-bond acceptors (Lipinski definition) is 7. The van der Waals surface area contributed by atoms with Gasteiger partial charge in [-0.25, -0.2) is 8.42 Å². The van der Waals surface area contributed by atoms with Crippen molar-refractivity contribution in [2.75, 3.05) is 29.0 Å². The summed E-state index contributed by atoms with van der Waals surface area (Å²) in [6.07, 6.45) is 1.62. The Hall–Kier alpha value is -2.69. The van der Waals surface area contributed by atoms with E-state index in [9.17, 15) is 13.2 Å². The number of nitrogens with one attached hydrogen (secondary N) is 1. The summed E-state index contributed by atoms with van der Waals surface area (Å²) in [6, 6.07) is 14.0. The zero-order valence-corrected chi connectivity index (χ0v) is 20.0. The molecule has 0 spiro atoms. The summed E-state index contributed by atoms with van der Waals surface area (Å²) in [7, 11) is -3.50. The number of ether oxygens (including phenoxy) is 1. The first-order valence-electron chi connectivity index (χ1n) is 9.86. The molecular formula is C21H23ClN4O4S2. The van der Waals surface area contributed by atoms with E-state index < -0.39 is 10.0 Å². The number of anilines is 2. The molecule has 0 radical (unpaired) electrons. The van der Waals surface area contributed by atoms with Crippen LogP contribution in [0, 0.1) is 0 Å². The fourth-order valence-electron chi connectivity index (χ4n) is 2.91. The number of nitrogens with zero attached hydrogens (tertiary/aromatic N) is 3. The number of carbonyl (C=O) groups excluding carboxylic acids is 1. The Bertz CT molecular complexity index is 1150. The molecule has 2 aromatic carbocycles. The molecule has 1 aromatic heterocycles. The number of amides is 1. The topological polar surface area (TPSA) is 101 Å². The number of hydrogen-bond donors (Lipinski definition) is 1. The summed E-state index contributed by atoms with van der Waals surface area (Å²) in [5.74, 6) is 0.406. The van der Waals surface area contributed by atoms with E-state index in [2.05, 4.69) is 15.5 Å². The van der Waals surface area contributed by atoms with Crippen LogP contribution in [0.2, 0.25) is 5.02 Å². The lowest BCUT2D eigenvalue weighted by Crippen LogP contribution is -2.31. The second kappa shape index (κ2) is 10.8. The molecule has 0 fully saturated rings. The van der Waals surface area contributed by atoms with Gasteiger partial charge >= 0.3 is 0 Å². The number of aromatic nitrogens is 2. The van der Waals surface area contributed by atoms with E-state index in [1.807, 2.05) is 19.1 Å². The highest BCUT2D eigenvalue weighted by atomic mass is 35.5. The highest BCUT2D eigenvalue weighted by molar-refractivity contribution is 7.92. The van der Waals surface area contributed by atoms with Crippen molar-refractivity contribution < 1.29 is 17.9 Å². The Morgan fingerprint density at radius 1 is 1.12 bits per heavy atom. The van der Waals surface area contributed by atoms with E-state index in [4.69, 9.17) is 16.3 Å². The van der Waals surface area contributed by atoms with Crippen LogP contribution in [0.1, 0.15) is 19.8 Å². The van der Waals surface area contributed by atoms with E-state index in [0.29, 0.717) is 39.6 Å². The molecule has 3 aromatic rings. The lowest BCUT2D eigenvalue weighted by molar-refractivity contribution is -0.116. The molecule has 1 amide bonds. The molecule has 1 N–H and O–H groups in total. The zero-order chi connectivity index (χ0) is 23.1. The van der Waals surface area contributed by atoms with Crippen molar-refractivity contribution in [1.29, 1.82) is 0 Å². The maximum atomic E-state index is 12.3. The molecule has 0 aliphatic heterocycles. The van der Waals surface area contributed by atoms with Crippen LogP contribution in [0.3, 0.4) is 0 Å². The van der Waals surface area contributed by atoms with Crippen molar-refractivity contribution in [3.63, 3.8) is 0 Å². The van der Waals surface area contributed by atoms with Crippen LogP contribution in [-0.2, 0) is 14.8 Å². The summed E-state index contributed by atoms with van der Waals surface area (Å²) in [5.41, 5.74) is 1.37.